The molecule has 112 valence electrons. The molecule has 2 aromatic rings. The number of hydrogen-bond acceptors (Lipinski definition) is 3. The van der Waals surface area contributed by atoms with Crippen molar-refractivity contribution in [2.75, 3.05) is 11.9 Å². The first-order valence-electron chi connectivity index (χ1n) is 6.68. The van der Waals surface area contributed by atoms with Crippen molar-refractivity contribution in [1.82, 2.24) is 9.97 Å². The molecule has 0 aliphatic carbocycles. The van der Waals surface area contributed by atoms with Crippen molar-refractivity contribution < 1.29 is 13.2 Å². The van der Waals surface area contributed by atoms with E-state index in [-0.39, 0.29) is 11.6 Å². The fraction of sp³-hybridized carbons (Fsp3) is 0.333. The SMILES string of the molecule is CCCNc1nc(-c2ccccc2C)cc(C(F)(F)F)n1. The summed E-state index contributed by atoms with van der Waals surface area (Å²) in [6.07, 6.45) is -3.72. The summed E-state index contributed by atoms with van der Waals surface area (Å²) in [5.41, 5.74) is 0.874. The van der Waals surface area contributed by atoms with Gasteiger partial charge in [-0.15, -0.1) is 0 Å². The highest BCUT2D eigenvalue weighted by Gasteiger charge is 2.33. The Labute approximate surface area is 121 Å². The molecule has 0 aliphatic rings. The van der Waals surface area contributed by atoms with E-state index in [0.717, 1.165) is 18.1 Å². The molecule has 0 fully saturated rings. The van der Waals surface area contributed by atoms with Crippen LogP contribution in [0.15, 0.2) is 30.3 Å². The number of alkyl halides is 3. The van der Waals surface area contributed by atoms with Crippen molar-refractivity contribution >= 4 is 5.95 Å². The maximum absolute atomic E-state index is 13.0. The lowest BCUT2D eigenvalue weighted by molar-refractivity contribution is -0.141. The number of aryl methyl sites for hydroxylation is 1. The van der Waals surface area contributed by atoms with E-state index in [1.54, 1.807) is 12.1 Å². The molecule has 0 saturated carbocycles. The van der Waals surface area contributed by atoms with E-state index in [4.69, 9.17) is 0 Å². The maximum Gasteiger partial charge on any atom is 0.433 e. The monoisotopic (exact) mass is 295 g/mol. The van der Waals surface area contributed by atoms with Crippen molar-refractivity contribution in [2.24, 2.45) is 0 Å². The van der Waals surface area contributed by atoms with Crippen LogP contribution in [0.4, 0.5) is 19.1 Å². The van der Waals surface area contributed by atoms with Crippen molar-refractivity contribution in [3.05, 3.63) is 41.6 Å². The number of nitrogens with zero attached hydrogens (tertiary/aromatic N) is 2. The highest BCUT2D eigenvalue weighted by Crippen LogP contribution is 2.31. The van der Waals surface area contributed by atoms with Crippen LogP contribution < -0.4 is 5.32 Å². The minimum atomic E-state index is -4.50. The normalized spacial score (nSPS) is 11.5. The molecule has 0 radical (unpaired) electrons. The molecule has 21 heavy (non-hydrogen) atoms. The smallest absolute Gasteiger partial charge is 0.354 e. The van der Waals surface area contributed by atoms with Gasteiger partial charge in [0.05, 0.1) is 5.69 Å². The lowest BCUT2D eigenvalue weighted by Gasteiger charge is -2.12. The summed E-state index contributed by atoms with van der Waals surface area (Å²) in [6.45, 7) is 4.28. The molecule has 0 atom stereocenters. The van der Waals surface area contributed by atoms with Crippen LogP contribution in [0.25, 0.3) is 11.3 Å². The molecular formula is C15H16F3N3. The number of rotatable bonds is 4. The van der Waals surface area contributed by atoms with Crippen molar-refractivity contribution in [2.45, 2.75) is 26.4 Å². The van der Waals surface area contributed by atoms with Crippen molar-refractivity contribution in [3.63, 3.8) is 0 Å². The summed E-state index contributed by atoms with van der Waals surface area (Å²) in [4.78, 5) is 7.74. The zero-order valence-corrected chi connectivity index (χ0v) is 11.8. The minimum Gasteiger partial charge on any atom is -0.354 e. The highest BCUT2D eigenvalue weighted by molar-refractivity contribution is 5.64. The Morgan fingerprint density at radius 2 is 1.86 bits per heavy atom. The van der Waals surface area contributed by atoms with Gasteiger partial charge in [-0.25, -0.2) is 9.97 Å². The molecule has 1 aromatic heterocycles. The van der Waals surface area contributed by atoms with Crippen LogP contribution in [0.2, 0.25) is 0 Å². The Kier molecular flexibility index (Phi) is 4.45. The highest BCUT2D eigenvalue weighted by atomic mass is 19.4. The van der Waals surface area contributed by atoms with E-state index < -0.39 is 11.9 Å². The first-order valence-corrected chi connectivity index (χ1v) is 6.68. The van der Waals surface area contributed by atoms with Gasteiger partial charge in [-0.3, -0.25) is 0 Å². The van der Waals surface area contributed by atoms with E-state index >= 15 is 0 Å². The fourth-order valence-corrected chi connectivity index (χ4v) is 1.91. The van der Waals surface area contributed by atoms with Crippen LogP contribution in [-0.4, -0.2) is 16.5 Å². The van der Waals surface area contributed by atoms with E-state index in [9.17, 15) is 13.2 Å². The molecule has 6 heteroatoms. The lowest BCUT2D eigenvalue weighted by Crippen LogP contribution is -2.13. The molecule has 3 nitrogen and oxygen atoms in total. The zero-order valence-electron chi connectivity index (χ0n) is 11.8. The predicted molar refractivity (Wildman–Crippen MR) is 76.0 cm³/mol. The summed E-state index contributed by atoms with van der Waals surface area (Å²) in [5, 5.41) is 2.81. The van der Waals surface area contributed by atoms with Gasteiger partial charge in [-0.05, 0) is 25.0 Å². The van der Waals surface area contributed by atoms with Gasteiger partial charge >= 0.3 is 6.18 Å². The largest absolute Gasteiger partial charge is 0.433 e. The standard InChI is InChI=1S/C15H16F3N3/c1-3-8-19-14-20-12(9-13(21-14)15(16,17)18)11-7-5-4-6-10(11)2/h4-7,9H,3,8H2,1-2H3,(H,19,20,21). The molecule has 1 N–H and O–H groups in total. The van der Waals surface area contributed by atoms with Gasteiger partial charge in [0.25, 0.3) is 0 Å². The molecule has 0 aliphatic heterocycles. The number of halogens is 3. The van der Waals surface area contributed by atoms with Gasteiger partial charge in [-0.2, -0.15) is 13.2 Å². The van der Waals surface area contributed by atoms with Crippen LogP contribution in [0, 0.1) is 6.92 Å². The van der Waals surface area contributed by atoms with E-state index in [1.165, 1.54) is 0 Å². The molecule has 0 spiro atoms. The average molecular weight is 295 g/mol. The molecule has 1 heterocycles. The minimum absolute atomic E-state index is 0.00456. The third kappa shape index (κ3) is 3.71. The summed E-state index contributed by atoms with van der Waals surface area (Å²) in [6, 6.07) is 8.18. The predicted octanol–water partition coefficient (Wildman–Crippen LogP) is 4.29. The van der Waals surface area contributed by atoms with E-state index in [0.29, 0.717) is 12.1 Å². The van der Waals surface area contributed by atoms with Crippen LogP contribution in [0.5, 0.6) is 0 Å². The Balaban J connectivity index is 2.52. The summed E-state index contributed by atoms with van der Waals surface area (Å²) in [5.74, 6) is 0.00456. The average Bonchev–Trinajstić information content (AvgIpc) is 2.44. The van der Waals surface area contributed by atoms with Crippen LogP contribution in [0.1, 0.15) is 24.6 Å². The Hall–Kier alpha value is -2.11. The number of aromatic nitrogens is 2. The van der Waals surface area contributed by atoms with Gasteiger partial charge in [0, 0.05) is 12.1 Å². The Morgan fingerprint density at radius 1 is 1.14 bits per heavy atom. The number of anilines is 1. The van der Waals surface area contributed by atoms with Crippen LogP contribution in [0.3, 0.4) is 0 Å². The zero-order chi connectivity index (χ0) is 15.5. The van der Waals surface area contributed by atoms with Crippen LogP contribution in [-0.2, 0) is 6.18 Å². The molecule has 0 unspecified atom stereocenters. The second kappa shape index (κ2) is 6.11. The molecule has 2 rings (SSSR count). The second-order valence-corrected chi connectivity index (χ2v) is 4.70. The van der Waals surface area contributed by atoms with Gasteiger partial charge in [-0.1, -0.05) is 31.2 Å². The van der Waals surface area contributed by atoms with Gasteiger partial charge < -0.3 is 5.32 Å². The van der Waals surface area contributed by atoms with E-state index in [2.05, 4.69) is 15.3 Å². The molecule has 0 bridgehead atoms. The van der Waals surface area contributed by atoms with Gasteiger partial charge in [0.2, 0.25) is 5.95 Å². The van der Waals surface area contributed by atoms with Crippen molar-refractivity contribution in [3.8, 4) is 11.3 Å². The van der Waals surface area contributed by atoms with E-state index in [1.807, 2.05) is 26.0 Å². The quantitative estimate of drug-likeness (QED) is 0.914. The fourth-order valence-electron chi connectivity index (χ4n) is 1.91. The van der Waals surface area contributed by atoms with Crippen LogP contribution >= 0.6 is 0 Å². The summed E-state index contributed by atoms with van der Waals surface area (Å²) < 4.78 is 38.9. The third-order valence-corrected chi connectivity index (χ3v) is 2.97. The number of benzene rings is 1. The summed E-state index contributed by atoms with van der Waals surface area (Å²) >= 11 is 0. The summed E-state index contributed by atoms with van der Waals surface area (Å²) in [7, 11) is 0. The Bertz CT molecular complexity index is 624. The first kappa shape index (κ1) is 15.3. The first-order chi connectivity index (χ1) is 9.91. The molecule has 0 amide bonds. The molecular weight excluding hydrogens is 279 g/mol. The maximum atomic E-state index is 13.0. The Morgan fingerprint density at radius 3 is 2.48 bits per heavy atom. The second-order valence-electron chi connectivity index (χ2n) is 4.70. The van der Waals surface area contributed by atoms with Gasteiger partial charge in [0.15, 0.2) is 5.69 Å². The third-order valence-electron chi connectivity index (χ3n) is 2.97. The lowest BCUT2D eigenvalue weighted by atomic mass is 10.1. The van der Waals surface area contributed by atoms with Gasteiger partial charge in [0.1, 0.15) is 0 Å². The molecule has 0 saturated heterocycles. The number of nitrogens with one attached hydrogen (secondary N) is 1. The molecule has 1 aromatic carbocycles. The van der Waals surface area contributed by atoms with Crippen molar-refractivity contribution in [1.29, 1.82) is 0 Å². The number of hydrogen-bond donors (Lipinski definition) is 1. The topological polar surface area (TPSA) is 37.8 Å².